The number of nitrogens with two attached hydrogens (primary N) is 1. The van der Waals surface area contributed by atoms with Crippen LogP contribution in [0, 0.1) is 0 Å². The van der Waals surface area contributed by atoms with Gasteiger partial charge in [0.1, 0.15) is 11.5 Å². The van der Waals surface area contributed by atoms with Crippen molar-refractivity contribution in [1.29, 1.82) is 0 Å². The summed E-state index contributed by atoms with van der Waals surface area (Å²) in [6.07, 6.45) is 7.27. The molecule has 0 amide bonds. The maximum Gasteiger partial charge on any atom is 0.127 e. The Kier molecular flexibility index (Phi) is 4.23. The topological polar surface area (TPSA) is 35.2 Å². The molecule has 0 spiro atoms. The van der Waals surface area contributed by atoms with Gasteiger partial charge in [-0.2, -0.15) is 0 Å². The van der Waals surface area contributed by atoms with E-state index in [1.165, 1.54) is 0 Å². The third-order valence-corrected chi connectivity index (χ3v) is 1.73. The maximum atomic E-state index is 5.60. The number of hydrogen-bond donors (Lipinski definition) is 1. The molecule has 0 aliphatic rings. The zero-order chi connectivity index (χ0) is 11.1. The lowest BCUT2D eigenvalue weighted by Crippen LogP contribution is -1.92. The monoisotopic (exact) mass is 201 g/mol. The molecule has 15 heavy (non-hydrogen) atoms. The molecule has 0 unspecified atom stereocenters. The van der Waals surface area contributed by atoms with Gasteiger partial charge in [-0.1, -0.05) is 18.7 Å². The molecule has 0 heterocycles. The number of anilines is 1. The molecule has 0 aromatic heterocycles. The summed E-state index contributed by atoms with van der Waals surface area (Å²) >= 11 is 0. The molecule has 0 atom stereocenters. The fraction of sp³-hybridized carbons (Fsp3) is 0.0769. The highest BCUT2D eigenvalue weighted by Gasteiger charge is 1.95. The Labute approximate surface area is 90.4 Å². The molecular weight excluding hydrogens is 186 g/mol. The highest BCUT2D eigenvalue weighted by atomic mass is 16.5. The van der Waals surface area contributed by atoms with Gasteiger partial charge in [0, 0.05) is 5.69 Å². The standard InChI is InChI=1S/C13H15NO/c1-3-5-12(6-4-2)15-13-9-7-11(14)8-10-13/h3-10H,1,14H2,2H3/b6-4-,12-5+. The predicted octanol–water partition coefficient (Wildman–Crippen LogP) is 3.29. The third-order valence-electron chi connectivity index (χ3n) is 1.73. The second-order valence-corrected chi connectivity index (χ2v) is 2.98. The molecule has 0 aliphatic carbocycles. The number of ether oxygens (including phenoxy) is 1. The molecule has 1 aromatic rings. The van der Waals surface area contributed by atoms with E-state index in [0.29, 0.717) is 0 Å². The van der Waals surface area contributed by atoms with Crippen LogP contribution < -0.4 is 10.5 Å². The Morgan fingerprint density at radius 2 is 2.00 bits per heavy atom. The normalized spacial score (nSPS) is 11.7. The summed E-state index contributed by atoms with van der Waals surface area (Å²) in [6, 6.07) is 7.26. The summed E-state index contributed by atoms with van der Waals surface area (Å²) < 4.78 is 5.60. The fourth-order valence-corrected chi connectivity index (χ4v) is 1.08. The minimum atomic E-state index is 0.725. The molecular formula is C13H15NO. The summed E-state index contributed by atoms with van der Waals surface area (Å²) in [5.74, 6) is 1.51. The number of nitrogen functional groups attached to an aromatic ring is 1. The average Bonchev–Trinajstić information content (AvgIpc) is 2.22. The number of allylic oxidation sites excluding steroid dienone is 4. The summed E-state index contributed by atoms with van der Waals surface area (Å²) in [4.78, 5) is 0. The summed E-state index contributed by atoms with van der Waals surface area (Å²) in [6.45, 7) is 5.56. The Balaban J connectivity index is 2.78. The lowest BCUT2D eigenvalue weighted by Gasteiger charge is -2.05. The van der Waals surface area contributed by atoms with Crippen molar-refractivity contribution in [3.63, 3.8) is 0 Å². The van der Waals surface area contributed by atoms with Crippen LogP contribution in [-0.4, -0.2) is 0 Å². The molecule has 0 saturated carbocycles. The predicted molar refractivity (Wildman–Crippen MR) is 64.6 cm³/mol. The van der Waals surface area contributed by atoms with Crippen LogP contribution in [0.25, 0.3) is 0 Å². The van der Waals surface area contributed by atoms with Gasteiger partial charge in [-0.05, 0) is 43.3 Å². The van der Waals surface area contributed by atoms with Crippen LogP contribution in [-0.2, 0) is 0 Å². The number of benzene rings is 1. The summed E-state index contributed by atoms with van der Waals surface area (Å²) in [7, 11) is 0. The van der Waals surface area contributed by atoms with Crippen molar-refractivity contribution in [3.05, 3.63) is 60.9 Å². The van der Waals surface area contributed by atoms with Crippen LogP contribution in [0.15, 0.2) is 60.9 Å². The van der Waals surface area contributed by atoms with Crippen molar-refractivity contribution in [3.8, 4) is 5.75 Å². The molecule has 1 aromatic carbocycles. The van der Waals surface area contributed by atoms with Crippen molar-refractivity contribution >= 4 is 5.69 Å². The lowest BCUT2D eigenvalue weighted by molar-refractivity contribution is 0.444. The zero-order valence-corrected chi connectivity index (χ0v) is 8.81. The minimum Gasteiger partial charge on any atom is -0.457 e. The quantitative estimate of drug-likeness (QED) is 0.461. The zero-order valence-electron chi connectivity index (χ0n) is 8.81. The maximum absolute atomic E-state index is 5.60. The van der Waals surface area contributed by atoms with Crippen LogP contribution >= 0.6 is 0 Å². The molecule has 1 rings (SSSR count). The molecule has 0 fully saturated rings. The molecule has 78 valence electrons. The van der Waals surface area contributed by atoms with Gasteiger partial charge in [0.05, 0.1) is 0 Å². The van der Waals surface area contributed by atoms with Gasteiger partial charge in [0.2, 0.25) is 0 Å². The first-order chi connectivity index (χ1) is 7.26. The third kappa shape index (κ3) is 3.73. The van der Waals surface area contributed by atoms with Crippen molar-refractivity contribution < 1.29 is 4.74 Å². The van der Waals surface area contributed by atoms with E-state index in [2.05, 4.69) is 6.58 Å². The average molecular weight is 201 g/mol. The SMILES string of the molecule is C=C/C=C(\C=C/C)Oc1ccc(N)cc1. The van der Waals surface area contributed by atoms with E-state index in [4.69, 9.17) is 10.5 Å². The highest BCUT2D eigenvalue weighted by Crippen LogP contribution is 2.16. The Morgan fingerprint density at radius 3 is 2.53 bits per heavy atom. The Morgan fingerprint density at radius 1 is 1.33 bits per heavy atom. The van der Waals surface area contributed by atoms with Crippen LogP contribution in [0.1, 0.15) is 6.92 Å². The molecule has 0 radical (unpaired) electrons. The van der Waals surface area contributed by atoms with Crippen LogP contribution in [0.3, 0.4) is 0 Å². The number of rotatable bonds is 4. The van der Waals surface area contributed by atoms with E-state index in [-0.39, 0.29) is 0 Å². The smallest absolute Gasteiger partial charge is 0.127 e. The van der Waals surface area contributed by atoms with E-state index < -0.39 is 0 Å². The fourth-order valence-electron chi connectivity index (χ4n) is 1.08. The molecule has 0 bridgehead atoms. The van der Waals surface area contributed by atoms with Crippen LogP contribution in [0.2, 0.25) is 0 Å². The second kappa shape index (κ2) is 5.70. The van der Waals surface area contributed by atoms with Crippen molar-refractivity contribution in [2.75, 3.05) is 5.73 Å². The largest absolute Gasteiger partial charge is 0.457 e. The first kappa shape index (κ1) is 11.1. The summed E-state index contributed by atoms with van der Waals surface area (Å²) in [5.41, 5.74) is 6.30. The number of hydrogen-bond acceptors (Lipinski definition) is 2. The summed E-state index contributed by atoms with van der Waals surface area (Å²) in [5, 5.41) is 0. The van der Waals surface area contributed by atoms with Gasteiger partial charge < -0.3 is 10.5 Å². The van der Waals surface area contributed by atoms with E-state index in [0.717, 1.165) is 17.2 Å². The van der Waals surface area contributed by atoms with Gasteiger partial charge in [-0.3, -0.25) is 0 Å². The van der Waals surface area contributed by atoms with Gasteiger partial charge in [-0.15, -0.1) is 0 Å². The van der Waals surface area contributed by atoms with Gasteiger partial charge in [0.25, 0.3) is 0 Å². The van der Waals surface area contributed by atoms with E-state index in [1.54, 1.807) is 24.3 Å². The van der Waals surface area contributed by atoms with Gasteiger partial charge in [-0.25, -0.2) is 0 Å². The highest BCUT2D eigenvalue weighted by molar-refractivity contribution is 5.42. The first-order valence-electron chi connectivity index (χ1n) is 4.75. The van der Waals surface area contributed by atoms with Gasteiger partial charge in [0.15, 0.2) is 0 Å². The van der Waals surface area contributed by atoms with E-state index in [9.17, 15) is 0 Å². The Hall–Kier alpha value is -1.96. The molecule has 2 N–H and O–H groups in total. The minimum absolute atomic E-state index is 0.725. The molecule has 0 aliphatic heterocycles. The van der Waals surface area contributed by atoms with Crippen molar-refractivity contribution in [2.45, 2.75) is 6.92 Å². The molecule has 0 saturated heterocycles. The Bertz CT molecular complexity index is 374. The second-order valence-electron chi connectivity index (χ2n) is 2.98. The van der Waals surface area contributed by atoms with Crippen molar-refractivity contribution in [1.82, 2.24) is 0 Å². The van der Waals surface area contributed by atoms with Gasteiger partial charge >= 0.3 is 0 Å². The van der Waals surface area contributed by atoms with Crippen LogP contribution in [0.5, 0.6) is 5.75 Å². The van der Waals surface area contributed by atoms with E-state index in [1.807, 2.05) is 31.2 Å². The molecule has 2 heteroatoms. The van der Waals surface area contributed by atoms with Crippen molar-refractivity contribution in [2.24, 2.45) is 0 Å². The molecule has 2 nitrogen and oxygen atoms in total. The van der Waals surface area contributed by atoms with E-state index >= 15 is 0 Å². The first-order valence-corrected chi connectivity index (χ1v) is 4.75. The lowest BCUT2D eigenvalue weighted by atomic mass is 10.3. The van der Waals surface area contributed by atoms with Crippen LogP contribution in [0.4, 0.5) is 5.69 Å².